The minimum atomic E-state index is -0.278. The van der Waals surface area contributed by atoms with Crippen molar-refractivity contribution in [3.8, 4) is 17.0 Å². The Hall–Kier alpha value is -2.57. The van der Waals surface area contributed by atoms with Crippen LogP contribution in [0.1, 0.15) is 69.2 Å². The molecule has 168 valence electrons. The smallest absolute Gasteiger partial charge is 0.410 e. The van der Waals surface area contributed by atoms with E-state index in [1.54, 1.807) is 15.8 Å². The Balaban J connectivity index is 1.44. The summed E-state index contributed by atoms with van der Waals surface area (Å²) in [7, 11) is 3.69. The summed E-state index contributed by atoms with van der Waals surface area (Å²) < 4.78 is 13.6. The molecule has 0 bridgehead atoms. The molecule has 0 saturated heterocycles. The van der Waals surface area contributed by atoms with Gasteiger partial charge in [-0.1, -0.05) is 19.3 Å². The molecular formula is C24H34N4O3. The fraction of sp³-hybridized carbons (Fsp3) is 0.625. The number of rotatable bonds is 6. The van der Waals surface area contributed by atoms with Gasteiger partial charge in [0.05, 0.1) is 29.4 Å². The molecule has 0 aromatic carbocycles. The molecular weight excluding hydrogens is 392 g/mol. The van der Waals surface area contributed by atoms with E-state index in [2.05, 4.69) is 5.10 Å². The Bertz CT molecular complexity index is 898. The molecule has 0 atom stereocenters. The molecule has 2 fully saturated rings. The number of aryl methyl sites for hydroxylation is 2. The van der Waals surface area contributed by atoms with Crippen molar-refractivity contribution in [3.05, 3.63) is 29.7 Å². The van der Waals surface area contributed by atoms with Crippen molar-refractivity contribution in [2.45, 2.75) is 83.5 Å². The maximum absolute atomic E-state index is 12.5. The average Bonchev–Trinajstić information content (AvgIpc) is 3.44. The predicted molar refractivity (Wildman–Crippen MR) is 119 cm³/mol. The number of carbonyl (C=O) groups is 1. The van der Waals surface area contributed by atoms with E-state index in [0.29, 0.717) is 12.1 Å². The molecule has 2 aliphatic carbocycles. The number of hydrogen-bond donors (Lipinski definition) is 0. The van der Waals surface area contributed by atoms with E-state index in [9.17, 15) is 4.79 Å². The lowest BCUT2D eigenvalue weighted by atomic mass is 9.98. The van der Waals surface area contributed by atoms with Gasteiger partial charge in [0, 0.05) is 25.7 Å². The van der Waals surface area contributed by atoms with Crippen molar-refractivity contribution >= 4 is 6.09 Å². The summed E-state index contributed by atoms with van der Waals surface area (Å²) in [6.45, 7) is 2.15. The zero-order valence-corrected chi connectivity index (χ0v) is 19.0. The van der Waals surface area contributed by atoms with Crippen LogP contribution in [0.15, 0.2) is 18.3 Å². The summed E-state index contributed by atoms with van der Waals surface area (Å²) in [6.07, 6.45) is 12.3. The summed E-state index contributed by atoms with van der Waals surface area (Å²) in [5.74, 6) is 0.853. The zero-order valence-electron chi connectivity index (χ0n) is 19.0. The van der Waals surface area contributed by atoms with Crippen LogP contribution in [0.3, 0.4) is 0 Å². The van der Waals surface area contributed by atoms with Gasteiger partial charge in [0.15, 0.2) is 0 Å². The number of ether oxygens (including phenoxy) is 2. The maximum Gasteiger partial charge on any atom is 0.410 e. The van der Waals surface area contributed by atoms with Gasteiger partial charge in [0.1, 0.15) is 12.4 Å². The molecule has 0 radical (unpaired) electrons. The second-order valence-corrected chi connectivity index (χ2v) is 8.89. The van der Waals surface area contributed by atoms with Gasteiger partial charge < -0.3 is 14.4 Å². The van der Waals surface area contributed by atoms with E-state index < -0.39 is 0 Å². The van der Waals surface area contributed by atoms with Crippen LogP contribution in [0.2, 0.25) is 0 Å². The third-order valence-corrected chi connectivity index (χ3v) is 6.71. The standard InChI is InChI=1S/C24H34N4O3/c1-17-23(31-19-11-5-4-6-12-19)14-13-21(26-17)20-15-25-28(3)22(20)16-30-24(29)27(2)18-9-7-8-10-18/h13-15,18-19H,4-12,16H2,1-3H3. The molecule has 2 saturated carbocycles. The lowest BCUT2D eigenvalue weighted by Gasteiger charge is -2.24. The van der Waals surface area contributed by atoms with Gasteiger partial charge >= 0.3 is 6.09 Å². The molecule has 0 unspecified atom stereocenters. The van der Waals surface area contributed by atoms with E-state index >= 15 is 0 Å². The third-order valence-electron chi connectivity index (χ3n) is 6.71. The normalized spacial score (nSPS) is 17.6. The molecule has 2 aromatic rings. The van der Waals surface area contributed by atoms with Gasteiger partial charge in [-0.2, -0.15) is 5.10 Å². The summed E-state index contributed by atoms with van der Waals surface area (Å²) in [4.78, 5) is 19.0. The Morgan fingerprint density at radius 1 is 1.13 bits per heavy atom. The Labute approximate surface area is 184 Å². The minimum Gasteiger partial charge on any atom is -0.489 e. The number of pyridine rings is 1. The van der Waals surface area contributed by atoms with Gasteiger partial charge in [-0.05, 0) is 57.6 Å². The van der Waals surface area contributed by atoms with E-state index in [0.717, 1.165) is 54.1 Å². The van der Waals surface area contributed by atoms with Crippen molar-refractivity contribution < 1.29 is 14.3 Å². The van der Waals surface area contributed by atoms with Gasteiger partial charge in [0.25, 0.3) is 0 Å². The fourth-order valence-electron chi connectivity index (χ4n) is 4.71. The highest BCUT2D eigenvalue weighted by Crippen LogP contribution is 2.29. The largest absolute Gasteiger partial charge is 0.489 e. The van der Waals surface area contributed by atoms with Crippen LogP contribution < -0.4 is 4.74 Å². The predicted octanol–water partition coefficient (Wildman–Crippen LogP) is 5.01. The van der Waals surface area contributed by atoms with Crippen molar-refractivity contribution in [2.24, 2.45) is 7.05 Å². The molecule has 7 nitrogen and oxygen atoms in total. The quantitative estimate of drug-likeness (QED) is 0.649. The molecule has 2 aliphatic rings. The summed E-state index contributed by atoms with van der Waals surface area (Å²) in [5, 5.41) is 4.38. The molecule has 2 heterocycles. The Morgan fingerprint density at radius 2 is 1.84 bits per heavy atom. The zero-order chi connectivity index (χ0) is 21.8. The second kappa shape index (κ2) is 9.71. The summed E-state index contributed by atoms with van der Waals surface area (Å²) in [5.41, 5.74) is 3.40. The van der Waals surface area contributed by atoms with Crippen molar-refractivity contribution in [1.29, 1.82) is 0 Å². The summed E-state index contributed by atoms with van der Waals surface area (Å²) >= 11 is 0. The van der Waals surface area contributed by atoms with Crippen molar-refractivity contribution in [2.75, 3.05) is 7.05 Å². The first-order valence-corrected chi connectivity index (χ1v) is 11.6. The first kappa shape index (κ1) is 21.7. The topological polar surface area (TPSA) is 69.5 Å². The highest BCUT2D eigenvalue weighted by atomic mass is 16.6. The van der Waals surface area contributed by atoms with Crippen LogP contribution in [-0.4, -0.2) is 45.0 Å². The van der Waals surface area contributed by atoms with Gasteiger partial charge in [-0.15, -0.1) is 0 Å². The average molecular weight is 427 g/mol. The van der Waals surface area contributed by atoms with Crippen LogP contribution >= 0.6 is 0 Å². The minimum absolute atomic E-state index is 0.169. The Kier molecular flexibility index (Phi) is 6.78. The van der Waals surface area contributed by atoms with Crippen molar-refractivity contribution in [1.82, 2.24) is 19.7 Å². The third kappa shape index (κ3) is 5.02. The first-order valence-electron chi connectivity index (χ1n) is 11.6. The van der Waals surface area contributed by atoms with Gasteiger partial charge in [-0.25, -0.2) is 9.78 Å². The Morgan fingerprint density at radius 3 is 2.55 bits per heavy atom. The van der Waals surface area contributed by atoms with E-state index in [1.165, 1.54) is 32.1 Å². The molecule has 4 rings (SSSR count). The van der Waals surface area contributed by atoms with E-state index in [1.807, 2.05) is 33.2 Å². The molecule has 7 heteroatoms. The molecule has 0 aliphatic heterocycles. The monoisotopic (exact) mass is 426 g/mol. The number of nitrogens with zero attached hydrogens (tertiary/aromatic N) is 4. The molecule has 0 spiro atoms. The SMILES string of the molecule is Cc1nc(-c2cnn(C)c2COC(=O)N(C)C2CCCC2)ccc1OC1CCCCC1. The molecule has 2 aromatic heterocycles. The number of amides is 1. The maximum atomic E-state index is 12.5. The number of hydrogen-bond acceptors (Lipinski definition) is 5. The fourth-order valence-corrected chi connectivity index (χ4v) is 4.71. The van der Waals surface area contributed by atoms with E-state index in [-0.39, 0.29) is 12.7 Å². The van der Waals surface area contributed by atoms with Crippen LogP contribution in [-0.2, 0) is 18.4 Å². The van der Waals surface area contributed by atoms with Gasteiger partial charge in [-0.3, -0.25) is 4.68 Å². The number of aromatic nitrogens is 3. The van der Waals surface area contributed by atoms with Crippen LogP contribution in [0.4, 0.5) is 4.79 Å². The molecule has 0 N–H and O–H groups in total. The van der Waals surface area contributed by atoms with Crippen LogP contribution in [0.5, 0.6) is 5.75 Å². The number of carbonyl (C=O) groups excluding carboxylic acids is 1. The van der Waals surface area contributed by atoms with Gasteiger partial charge in [0.2, 0.25) is 0 Å². The molecule has 1 amide bonds. The van der Waals surface area contributed by atoms with Crippen LogP contribution in [0, 0.1) is 6.92 Å². The first-order chi connectivity index (χ1) is 15.0. The highest BCUT2D eigenvalue weighted by molar-refractivity contribution is 5.68. The van der Waals surface area contributed by atoms with Crippen LogP contribution in [0.25, 0.3) is 11.3 Å². The second-order valence-electron chi connectivity index (χ2n) is 8.89. The van der Waals surface area contributed by atoms with E-state index in [4.69, 9.17) is 14.5 Å². The lowest BCUT2D eigenvalue weighted by molar-refractivity contribution is 0.0899. The van der Waals surface area contributed by atoms with Crippen molar-refractivity contribution in [3.63, 3.8) is 0 Å². The summed E-state index contributed by atoms with van der Waals surface area (Å²) in [6, 6.07) is 4.26. The molecule has 31 heavy (non-hydrogen) atoms. The lowest BCUT2D eigenvalue weighted by Crippen LogP contribution is -2.35. The highest BCUT2D eigenvalue weighted by Gasteiger charge is 2.25.